The quantitative estimate of drug-likeness (QED) is 0.595. The molecule has 0 bridgehead atoms. The van der Waals surface area contributed by atoms with Crippen LogP contribution < -0.4 is 4.74 Å². The molecule has 0 aliphatic carbocycles. The molecule has 0 saturated heterocycles. The Labute approximate surface area is 132 Å². The maximum Gasteiger partial charge on any atom is 0.130 e. The summed E-state index contributed by atoms with van der Waals surface area (Å²) in [5, 5.41) is 1.07. The average Bonchev–Trinajstić information content (AvgIpc) is 2.54. The molecule has 2 aromatic rings. The van der Waals surface area contributed by atoms with Crippen LogP contribution in [-0.4, -0.2) is 11.6 Å². The molecule has 1 aromatic carbocycles. The summed E-state index contributed by atoms with van der Waals surface area (Å²) in [6.45, 7) is 5.24. The van der Waals surface area contributed by atoms with E-state index in [1.807, 2.05) is 24.3 Å². The molecule has 0 saturated carbocycles. The van der Waals surface area contributed by atoms with Crippen LogP contribution in [0.15, 0.2) is 30.3 Å². The van der Waals surface area contributed by atoms with Crippen LogP contribution in [0.25, 0.3) is 10.9 Å². The third kappa shape index (κ3) is 4.34. The normalized spacial score (nSPS) is 12.5. The second kappa shape index (κ2) is 8.23. The molecule has 0 fully saturated rings. The summed E-state index contributed by atoms with van der Waals surface area (Å²) < 4.78 is 6.11. The van der Waals surface area contributed by atoms with E-state index in [1.165, 1.54) is 19.3 Å². The summed E-state index contributed by atoms with van der Waals surface area (Å²) in [4.78, 5) is 4.54. The van der Waals surface area contributed by atoms with E-state index >= 15 is 0 Å². The monoisotopic (exact) mass is 305 g/mol. The number of alkyl halides is 1. The maximum atomic E-state index is 6.11. The molecule has 0 amide bonds. The van der Waals surface area contributed by atoms with Gasteiger partial charge in [-0.05, 0) is 24.5 Å². The summed E-state index contributed by atoms with van der Waals surface area (Å²) >= 11 is 5.94. The highest BCUT2D eigenvalue weighted by Gasteiger charge is 2.10. The number of unbranched alkanes of at least 4 members (excludes halogenated alkanes) is 1. The Morgan fingerprint density at radius 3 is 2.76 bits per heavy atom. The number of hydrogen-bond donors (Lipinski definition) is 0. The summed E-state index contributed by atoms with van der Waals surface area (Å²) in [7, 11) is 0. The van der Waals surface area contributed by atoms with E-state index in [9.17, 15) is 0 Å². The minimum absolute atomic E-state index is 0.411. The number of benzene rings is 1. The number of hydrogen-bond acceptors (Lipinski definition) is 2. The number of ether oxygens (including phenoxy) is 1. The molecule has 2 nitrogen and oxygen atoms in total. The van der Waals surface area contributed by atoms with Crippen molar-refractivity contribution in [3.05, 3.63) is 36.0 Å². The molecule has 0 radical (unpaired) electrons. The smallest absolute Gasteiger partial charge is 0.130 e. The van der Waals surface area contributed by atoms with Crippen LogP contribution in [0.1, 0.15) is 45.2 Å². The Morgan fingerprint density at radius 1 is 1.24 bits per heavy atom. The molecule has 1 aromatic heterocycles. The SMILES string of the molecule is CCCCC(CC)COc1cc(CCl)nc2ccccc12. The first-order valence-corrected chi connectivity index (χ1v) is 8.39. The maximum absolute atomic E-state index is 6.11. The lowest BCUT2D eigenvalue weighted by Crippen LogP contribution is -2.11. The van der Waals surface area contributed by atoms with Crippen LogP contribution in [0.5, 0.6) is 5.75 Å². The summed E-state index contributed by atoms with van der Waals surface area (Å²) in [6, 6.07) is 10.1. The number of aromatic nitrogens is 1. The van der Waals surface area contributed by atoms with Crippen LogP contribution in [0.2, 0.25) is 0 Å². The standard InChI is InChI=1S/C18H24ClNO/c1-3-5-8-14(4-2)13-21-18-11-15(12-19)20-17-10-7-6-9-16(17)18/h6-7,9-11,14H,3-5,8,12-13H2,1-2H3. The summed E-state index contributed by atoms with van der Waals surface area (Å²) in [5.41, 5.74) is 1.82. The van der Waals surface area contributed by atoms with Gasteiger partial charge in [0, 0.05) is 11.5 Å². The van der Waals surface area contributed by atoms with Crippen molar-refractivity contribution in [3.8, 4) is 5.75 Å². The van der Waals surface area contributed by atoms with Gasteiger partial charge < -0.3 is 4.74 Å². The molecule has 114 valence electrons. The number of halogens is 1. The van der Waals surface area contributed by atoms with E-state index in [4.69, 9.17) is 16.3 Å². The van der Waals surface area contributed by atoms with Gasteiger partial charge in [-0.25, -0.2) is 0 Å². The van der Waals surface area contributed by atoms with Gasteiger partial charge in [-0.3, -0.25) is 4.98 Å². The Balaban J connectivity index is 2.16. The Hall–Kier alpha value is -1.28. The van der Waals surface area contributed by atoms with Gasteiger partial charge in [0.2, 0.25) is 0 Å². The summed E-state index contributed by atoms with van der Waals surface area (Å²) in [6.07, 6.45) is 4.90. The molecule has 1 heterocycles. The van der Waals surface area contributed by atoms with Gasteiger partial charge in [0.15, 0.2) is 0 Å². The third-order valence-corrected chi connectivity index (χ3v) is 4.16. The fourth-order valence-electron chi connectivity index (χ4n) is 2.49. The second-order valence-electron chi connectivity index (χ2n) is 5.49. The van der Waals surface area contributed by atoms with Gasteiger partial charge in [0.1, 0.15) is 5.75 Å². The Bertz CT molecular complexity index is 570. The Kier molecular flexibility index (Phi) is 6.31. The van der Waals surface area contributed by atoms with E-state index in [1.54, 1.807) is 0 Å². The van der Waals surface area contributed by atoms with Gasteiger partial charge in [0.05, 0.1) is 23.7 Å². The van der Waals surface area contributed by atoms with Crippen molar-refractivity contribution < 1.29 is 4.74 Å². The van der Waals surface area contributed by atoms with E-state index in [2.05, 4.69) is 24.9 Å². The zero-order valence-electron chi connectivity index (χ0n) is 12.9. The predicted octanol–water partition coefficient (Wildman–Crippen LogP) is 5.57. The first-order valence-electron chi connectivity index (χ1n) is 7.85. The van der Waals surface area contributed by atoms with Crippen molar-refractivity contribution >= 4 is 22.5 Å². The lowest BCUT2D eigenvalue weighted by molar-refractivity contribution is 0.235. The molecule has 0 spiro atoms. The van der Waals surface area contributed by atoms with Crippen LogP contribution in [0.3, 0.4) is 0 Å². The van der Waals surface area contributed by atoms with Crippen molar-refractivity contribution in [2.45, 2.75) is 45.4 Å². The molecule has 3 heteroatoms. The molecule has 1 unspecified atom stereocenters. The highest BCUT2D eigenvalue weighted by Crippen LogP contribution is 2.27. The zero-order valence-corrected chi connectivity index (χ0v) is 13.7. The molecule has 21 heavy (non-hydrogen) atoms. The number of fused-ring (bicyclic) bond motifs is 1. The molecule has 1 atom stereocenters. The number of para-hydroxylation sites is 1. The number of rotatable bonds is 8. The molecule has 0 aliphatic heterocycles. The van der Waals surface area contributed by atoms with E-state index < -0.39 is 0 Å². The van der Waals surface area contributed by atoms with Gasteiger partial charge in [-0.15, -0.1) is 11.6 Å². The minimum Gasteiger partial charge on any atom is -0.493 e. The Morgan fingerprint density at radius 2 is 2.05 bits per heavy atom. The van der Waals surface area contributed by atoms with Crippen molar-refractivity contribution in [1.29, 1.82) is 0 Å². The molecule has 2 rings (SSSR count). The largest absolute Gasteiger partial charge is 0.493 e. The zero-order chi connectivity index (χ0) is 15.1. The van der Waals surface area contributed by atoms with Gasteiger partial charge in [-0.1, -0.05) is 45.2 Å². The fourth-order valence-corrected chi connectivity index (χ4v) is 2.63. The van der Waals surface area contributed by atoms with Crippen LogP contribution >= 0.6 is 11.6 Å². The second-order valence-corrected chi connectivity index (χ2v) is 5.76. The summed E-state index contributed by atoms with van der Waals surface area (Å²) in [5.74, 6) is 1.94. The topological polar surface area (TPSA) is 22.1 Å². The molecular weight excluding hydrogens is 282 g/mol. The van der Waals surface area contributed by atoms with Crippen LogP contribution in [0, 0.1) is 5.92 Å². The van der Waals surface area contributed by atoms with Crippen LogP contribution in [0.4, 0.5) is 0 Å². The lowest BCUT2D eigenvalue weighted by Gasteiger charge is -2.17. The highest BCUT2D eigenvalue weighted by molar-refractivity contribution is 6.17. The minimum atomic E-state index is 0.411. The third-order valence-electron chi connectivity index (χ3n) is 3.89. The predicted molar refractivity (Wildman–Crippen MR) is 90.1 cm³/mol. The molecule has 0 aliphatic rings. The van der Waals surface area contributed by atoms with Crippen molar-refractivity contribution in [1.82, 2.24) is 4.98 Å². The lowest BCUT2D eigenvalue weighted by atomic mass is 10.0. The molecule has 0 N–H and O–H groups in total. The van der Waals surface area contributed by atoms with Gasteiger partial charge in [0.25, 0.3) is 0 Å². The van der Waals surface area contributed by atoms with E-state index in [0.717, 1.165) is 35.4 Å². The highest BCUT2D eigenvalue weighted by atomic mass is 35.5. The number of pyridine rings is 1. The van der Waals surface area contributed by atoms with Crippen molar-refractivity contribution in [2.75, 3.05) is 6.61 Å². The van der Waals surface area contributed by atoms with E-state index in [-0.39, 0.29) is 0 Å². The first kappa shape index (κ1) is 16.1. The average molecular weight is 306 g/mol. The van der Waals surface area contributed by atoms with Crippen LogP contribution in [-0.2, 0) is 5.88 Å². The first-order chi connectivity index (χ1) is 10.3. The van der Waals surface area contributed by atoms with Gasteiger partial charge in [-0.2, -0.15) is 0 Å². The van der Waals surface area contributed by atoms with Gasteiger partial charge >= 0.3 is 0 Å². The fraction of sp³-hybridized carbons (Fsp3) is 0.500. The molecular formula is C18H24ClNO. The number of nitrogens with zero attached hydrogens (tertiary/aromatic N) is 1. The van der Waals surface area contributed by atoms with Crippen molar-refractivity contribution in [3.63, 3.8) is 0 Å². The van der Waals surface area contributed by atoms with Crippen molar-refractivity contribution in [2.24, 2.45) is 5.92 Å². The van der Waals surface area contributed by atoms with E-state index in [0.29, 0.717) is 11.8 Å².